The normalized spacial score (nSPS) is 12.7. The zero-order chi connectivity index (χ0) is 14.5. The lowest BCUT2D eigenvalue weighted by atomic mass is 9.85. The van der Waals surface area contributed by atoms with E-state index in [1.807, 2.05) is 0 Å². The molecule has 0 aliphatic rings. The van der Waals surface area contributed by atoms with Crippen LogP contribution in [-0.2, 0) is 10.2 Å². The van der Waals surface area contributed by atoms with Crippen molar-refractivity contribution in [3.63, 3.8) is 0 Å². The van der Waals surface area contributed by atoms with Crippen molar-refractivity contribution in [2.24, 2.45) is 0 Å². The molecule has 0 heterocycles. The van der Waals surface area contributed by atoms with Crippen LogP contribution < -0.4 is 0 Å². The van der Waals surface area contributed by atoms with Crippen molar-refractivity contribution in [1.29, 1.82) is 0 Å². The molecule has 0 aromatic heterocycles. The van der Waals surface area contributed by atoms with E-state index in [2.05, 4.69) is 4.74 Å². The van der Waals surface area contributed by atoms with E-state index in [9.17, 15) is 17.6 Å². The first-order valence-corrected chi connectivity index (χ1v) is 6.42. The van der Waals surface area contributed by atoms with Gasteiger partial charge in [0.2, 0.25) is 0 Å². The van der Waals surface area contributed by atoms with Gasteiger partial charge in [0.25, 0.3) is 0 Å². The van der Waals surface area contributed by atoms with E-state index >= 15 is 0 Å². The zero-order valence-electron chi connectivity index (χ0n) is 9.81. The van der Waals surface area contributed by atoms with Crippen LogP contribution in [0.25, 0.3) is 0 Å². The first-order valence-electron chi connectivity index (χ1n) is 5.35. The van der Waals surface area contributed by atoms with E-state index < -0.39 is 24.0 Å². The molecule has 108 valence electrons. The summed E-state index contributed by atoms with van der Waals surface area (Å²) in [7, 11) is 0. The molecular weight excluding hydrogens is 307 g/mol. The number of hydrogen-bond acceptors (Lipinski definition) is 1. The van der Waals surface area contributed by atoms with Gasteiger partial charge < -0.3 is 4.74 Å². The van der Waals surface area contributed by atoms with Gasteiger partial charge in [0.15, 0.2) is 0 Å². The Kier molecular flexibility index (Phi) is 5.89. The molecule has 1 aromatic rings. The summed E-state index contributed by atoms with van der Waals surface area (Å²) < 4.78 is 53.6. The lowest BCUT2D eigenvalue weighted by molar-refractivity contribution is -0.176. The van der Waals surface area contributed by atoms with Gasteiger partial charge in [-0.2, -0.15) is 13.2 Å². The predicted octanol–water partition coefficient (Wildman–Crippen LogP) is 4.12. The molecule has 0 unspecified atom stereocenters. The lowest BCUT2D eigenvalue weighted by Crippen LogP contribution is -2.37. The SMILES string of the molecule is Fc1ccc(C(CCl)(CCl)COCC(F)(F)F)cc1. The third-order valence-corrected chi connectivity index (χ3v) is 3.64. The molecule has 0 saturated heterocycles. The Balaban J connectivity index is 2.82. The maximum absolute atomic E-state index is 12.8. The summed E-state index contributed by atoms with van der Waals surface area (Å²) in [6.45, 7) is -1.66. The van der Waals surface area contributed by atoms with Gasteiger partial charge in [-0.25, -0.2) is 4.39 Å². The van der Waals surface area contributed by atoms with Crippen molar-refractivity contribution in [1.82, 2.24) is 0 Å². The molecular formula is C12H12Cl2F4O. The van der Waals surface area contributed by atoms with Crippen LogP contribution >= 0.6 is 23.2 Å². The van der Waals surface area contributed by atoms with Crippen molar-refractivity contribution in [2.75, 3.05) is 25.0 Å². The highest BCUT2D eigenvalue weighted by molar-refractivity contribution is 6.22. The molecule has 1 nitrogen and oxygen atoms in total. The highest BCUT2D eigenvalue weighted by Gasteiger charge is 2.34. The van der Waals surface area contributed by atoms with Crippen LogP contribution in [0.1, 0.15) is 5.56 Å². The largest absolute Gasteiger partial charge is 0.411 e. The number of benzene rings is 1. The van der Waals surface area contributed by atoms with Crippen molar-refractivity contribution in [2.45, 2.75) is 11.6 Å². The average molecular weight is 319 g/mol. The third kappa shape index (κ3) is 4.82. The Morgan fingerprint density at radius 1 is 0.947 bits per heavy atom. The van der Waals surface area contributed by atoms with E-state index in [0.29, 0.717) is 5.56 Å². The quantitative estimate of drug-likeness (QED) is 0.566. The summed E-state index contributed by atoms with van der Waals surface area (Å²) in [4.78, 5) is 0. The Labute approximate surface area is 118 Å². The molecule has 0 amide bonds. The predicted molar refractivity (Wildman–Crippen MR) is 66.4 cm³/mol. The molecule has 0 fully saturated rings. The van der Waals surface area contributed by atoms with E-state index in [4.69, 9.17) is 23.2 Å². The standard InChI is InChI=1S/C12H12Cl2F4O/c13-5-11(6-14,7-19-8-12(16,17)18)9-1-3-10(15)4-2-9/h1-4H,5-8H2. The zero-order valence-corrected chi connectivity index (χ0v) is 11.3. The average Bonchev–Trinajstić information content (AvgIpc) is 2.35. The minimum atomic E-state index is -4.41. The minimum Gasteiger partial charge on any atom is -0.371 e. The highest BCUT2D eigenvalue weighted by Crippen LogP contribution is 2.29. The summed E-state index contributed by atoms with van der Waals surface area (Å²) in [5.74, 6) is -0.502. The topological polar surface area (TPSA) is 9.23 Å². The molecule has 0 bridgehead atoms. The molecule has 1 aromatic carbocycles. The number of hydrogen-bond donors (Lipinski definition) is 0. The van der Waals surface area contributed by atoms with Crippen LogP contribution in [0.3, 0.4) is 0 Å². The molecule has 0 aliphatic heterocycles. The molecule has 7 heteroatoms. The third-order valence-electron chi connectivity index (χ3n) is 2.61. The molecule has 0 aliphatic carbocycles. The first kappa shape index (κ1) is 16.5. The Hall–Kier alpha value is -0.520. The van der Waals surface area contributed by atoms with Gasteiger partial charge in [0.1, 0.15) is 12.4 Å². The van der Waals surface area contributed by atoms with Gasteiger partial charge in [-0.05, 0) is 17.7 Å². The number of ether oxygens (including phenoxy) is 1. The van der Waals surface area contributed by atoms with E-state index in [1.54, 1.807) is 0 Å². The maximum Gasteiger partial charge on any atom is 0.411 e. The summed E-state index contributed by atoms with van der Waals surface area (Å²) in [5.41, 5.74) is -0.428. The van der Waals surface area contributed by atoms with Crippen molar-refractivity contribution >= 4 is 23.2 Å². The number of rotatable bonds is 6. The summed E-state index contributed by atoms with van der Waals surface area (Å²) >= 11 is 11.6. The van der Waals surface area contributed by atoms with Crippen LogP contribution in [0.4, 0.5) is 17.6 Å². The molecule has 0 spiro atoms. The van der Waals surface area contributed by atoms with Crippen molar-refractivity contribution in [3.8, 4) is 0 Å². The van der Waals surface area contributed by atoms with Gasteiger partial charge in [0, 0.05) is 17.2 Å². The summed E-state index contributed by atoms with van der Waals surface area (Å²) in [5, 5.41) is 0. The van der Waals surface area contributed by atoms with Gasteiger partial charge in [-0.1, -0.05) is 12.1 Å². The Morgan fingerprint density at radius 2 is 1.47 bits per heavy atom. The Bertz CT molecular complexity index is 388. The second-order valence-electron chi connectivity index (χ2n) is 4.16. The molecule has 1 rings (SSSR count). The van der Waals surface area contributed by atoms with Crippen molar-refractivity contribution in [3.05, 3.63) is 35.6 Å². The summed E-state index contributed by atoms with van der Waals surface area (Å²) in [6.07, 6.45) is -4.41. The smallest absolute Gasteiger partial charge is 0.371 e. The lowest BCUT2D eigenvalue weighted by Gasteiger charge is -2.30. The molecule has 0 radical (unpaired) electrons. The second-order valence-corrected chi connectivity index (χ2v) is 4.70. The first-order chi connectivity index (χ1) is 8.83. The fourth-order valence-corrected chi connectivity index (χ4v) is 2.26. The molecule has 0 saturated carbocycles. The van der Waals surface area contributed by atoms with E-state index in [-0.39, 0.29) is 18.4 Å². The van der Waals surface area contributed by atoms with Crippen LogP contribution in [0.5, 0.6) is 0 Å². The highest BCUT2D eigenvalue weighted by atomic mass is 35.5. The van der Waals surface area contributed by atoms with Crippen LogP contribution in [0.15, 0.2) is 24.3 Å². The fourth-order valence-electron chi connectivity index (χ4n) is 1.52. The van der Waals surface area contributed by atoms with Gasteiger partial charge in [-0.3, -0.25) is 0 Å². The van der Waals surface area contributed by atoms with Crippen LogP contribution in [0, 0.1) is 5.82 Å². The maximum atomic E-state index is 12.8. The monoisotopic (exact) mass is 318 g/mol. The number of halogens is 6. The Morgan fingerprint density at radius 3 is 1.89 bits per heavy atom. The van der Waals surface area contributed by atoms with E-state index in [1.165, 1.54) is 24.3 Å². The van der Waals surface area contributed by atoms with Gasteiger partial charge in [-0.15, -0.1) is 23.2 Å². The van der Waals surface area contributed by atoms with Crippen LogP contribution in [0.2, 0.25) is 0 Å². The minimum absolute atomic E-state index is 0.0278. The van der Waals surface area contributed by atoms with E-state index in [0.717, 1.165) is 0 Å². The molecule has 0 atom stereocenters. The van der Waals surface area contributed by atoms with Crippen LogP contribution in [-0.4, -0.2) is 31.2 Å². The molecule has 0 N–H and O–H groups in total. The summed E-state index contributed by atoms with van der Waals surface area (Å²) in [6, 6.07) is 5.29. The van der Waals surface area contributed by atoms with Gasteiger partial charge >= 0.3 is 6.18 Å². The fraction of sp³-hybridized carbons (Fsp3) is 0.500. The molecule has 19 heavy (non-hydrogen) atoms. The van der Waals surface area contributed by atoms with Crippen molar-refractivity contribution < 1.29 is 22.3 Å². The number of alkyl halides is 5. The van der Waals surface area contributed by atoms with Gasteiger partial charge in [0.05, 0.1) is 6.61 Å². The second kappa shape index (κ2) is 6.77.